The third kappa shape index (κ3) is 5.20. The van der Waals surface area contributed by atoms with Gasteiger partial charge in [0.05, 0.1) is 5.92 Å². The van der Waals surface area contributed by atoms with Crippen molar-refractivity contribution in [3.05, 3.63) is 102 Å². The average Bonchev–Trinajstić information content (AvgIpc) is 2.99. The van der Waals surface area contributed by atoms with E-state index in [1.807, 2.05) is 23.1 Å². The number of rotatable bonds is 6. The van der Waals surface area contributed by atoms with Gasteiger partial charge in [0.25, 0.3) is 5.91 Å². The highest BCUT2D eigenvalue weighted by Gasteiger charge is 2.32. The van der Waals surface area contributed by atoms with Gasteiger partial charge in [0, 0.05) is 44.1 Å². The molecule has 2 amide bonds. The van der Waals surface area contributed by atoms with Crippen molar-refractivity contribution in [1.82, 2.24) is 14.8 Å². The maximum atomic E-state index is 13.4. The van der Waals surface area contributed by atoms with Crippen molar-refractivity contribution in [2.45, 2.75) is 13.3 Å². The largest absolute Gasteiger partial charge is 0.337 e. The Kier molecular flexibility index (Phi) is 6.98. The summed E-state index contributed by atoms with van der Waals surface area (Å²) in [5.74, 6) is -0.309. The van der Waals surface area contributed by atoms with Crippen molar-refractivity contribution >= 4 is 11.8 Å². The Morgan fingerprint density at radius 2 is 1.88 bits per heavy atom. The molecule has 1 aliphatic heterocycles. The predicted molar refractivity (Wildman–Crippen MR) is 131 cm³/mol. The fraction of sp³-hybridized carbons (Fsp3) is 0.250. The number of amides is 2. The third-order valence-corrected chi connectivity index (χ3v) is 6.17. The molecule has 0 saturated carbocycles. The number of nitrogens with zero attached hydrogens (tertiary/aromatic N) is 3. The molecular weight excluding hydrogens is 410 g/mol. The monoisotopic (exact) mass is 439 g/mol. The standard InChI is InChI=1S/C28H29N3O2/c1-3-15-30-16-17-31(27(32)23-11-13-29-14-12-23)20-25(28(30)33)19-22-8-6-9-24(18-22)26-10-5-4-7-21(26)2/h3-14,18,25H,1,15-17,19-20H2,2H3. The highest BCUT2D eigenvalue weighted by molar-refractivity contribution is 5.94. The van der Waals surface area contributed by atoms with Crippen LogP contribution in [0.25, 0.3) is 11.1 Å². The van der Waals surface area contributed by atoms with Crippen LogP contribution in [0.4, 0.5) is 0 Å². The first kappa shape index (κ1) is 22.5. The first-order valence-corrected chi connectivity index (χ1v) is 11.3. The second-order valence-corrected chi connectivity index (χ2v) is 8.48. The van der Waals surface area contributed by atoms with Gasteiger partial charge in [0.1, 0.15) is 0 Å². The molecule has 1 atom stereocenters. The molecule has 1 saturated heterocycles. The van der Waals surface area contributed by atoms with Crippen molar-refractivity contribution in [3.63, 3.8) is 0 Å². The molecule has 0 N–H and O–H groups in total. The van der Waals surface area contributed by atoms with Crippen molar-refractivity contribution < 1.29 is 9.59 Å². The number of carbonyl (C=O) groups excluding carboxylic acids is 2. The molecule has 0 spiro atoms. The number of hydrogen-bond acceptors (Lipinski definition) is 3. The van der Waals surface area contributed by atoms with E-state index >= 15 is 0 Å². The molecular formula is C28H29N3O2. The van der Waals surface area contributed by atoms with E-state index in [2.05, 4.69) is 48.8 Å². The smallest absolute Gasteiger partial charge is 0.254 e. The van der Waals surface area contributed by atoms with Gasteiger partial charge in [-0.15, -0.1) is 6.58 Å². The fourth-order valence-corrected chi connectivity index (χ4v) is 4.44. The number of hydrogen-bond donors (Lipinski definition) is 0. The van der Waals surface area contributed by atoms with Crippen LogP contribution in [-0.4, -0.2) is 52.8 Å². The summed E-state index contributed by atoms with van der Waals surface area (Å²) in [7, 11) is 0. The maximum Gasteiger partial charge on any atom is 0.254 e. The summed E-state index contributed by atoms with van der Waals surface area (Å²) in [6.07, 6.45) is 5.56. The van der Waals surface area contributed by atoms with Crippen LogP contribution in [-0.2, 0) is 11.2 Å². The molecule has 3 aromatic rings. The molecule has 0 aliphatic carbocycles. The zero-order valence-corrected chi connectivity index (χ0v) is 19.0. The third-order valence-electron chi connectivity index (χ3n) is 6.17. The minimum Gasteiger partial charge on any atom is -0.337 e. The van der Waals surface area contributed by atoms with Crippen LogP contribution in [0.2, 0.25) is 0 Å². The Balaban J connectivity index is 1.60. The molecule has 1 aromatic heterocycles. The van der Waals surface area contributed by atoms with E-state index in [0.717, 1.165) is 11.1 Å². The van der Waals surface area contributed by atoms with Gasteiger partial charge in [0.2, 0.25) is 5.91 Å². The van der Waals surface area contributed by atoms with Gasteiger partial charge in [-0.1, -0.05) is 54.6 Å². The lowest BCUT2D eigenvalue weighted by Gasteiger charge is -2.24. The predicted octanol–water partition coefficient (Wildman–Crippen LogP) is 4.39. The molecule has 0 bridgehead atoms. The highest BCUT2D eigenvalue weighted by Crippen LogP contribution is 2.26. The first-order chi connectivity index (χ1) is 16.1. The molecule has 5 heteroatoms. The van der Waals surface area contributed by atoms with E-state index in [9.17, 15) is 9.59 Å². The van der Waals surface area contributed by atoms with E-state index in [-0.39, 0.29) is 17.7 Å². The normalized spacial score (nSPS) is 16.4. The molecule has 1 unspecified atom stereocenters. The number of pyridine rings is 1. The van der Waals surface area contributed by atoms with Gasteiger partial charge in [-0.05, 0) is 47.7 Å². The average molecular weight is 440 g/mol. The van der Waals surface area contributed by atoms with E-state index in [4.69, 9.17) is 0 Å². The summed E-state index contributed by atoms with van der Waals surface area (Å²) in [5, 5.41) is 0. The van der Waals surface area contributed by atoms with E-state index in [1.54, 1.807) is 35.5 Å². The fourth-order valence-electron chi connectivity index (χ4n) is 4.44. The van der Waals surface area contributed by atoms with Gasteiger partial charge < -0.3 is 9.80 Å². The Morgan fingerprint density at radius 1 is 1.09 bits per heavy atom. The molecule has 2 aromatic carbocycles. The van der Waals surface area contributed by atoms with Gasteiger partial charge in [-0.2, -0.15) is 0 Å². The first-order valence-electron chi connectivity index (χ1n) is 11.3. The lowest BCUT2D eigenvalue weighted by Crippen LogP contribution is -2.38. The number of aryl methyl sites for hydroxylation is 1. The molecule has 1 aliphatic rings. The van der Waals surface area contributed by atoms with Crippen LogP contribution in [0.15, 0.2) is 85.7 Å². The zero-order valence-electron chi connectivity index (χ0n) is 19.0. The van der Waals surface area contributed by atoms with Gasteiger partial charge in [-0.25, -0.2) is 0 Å². The summed E-state index contributed by atoms with van der Waals surface area (Å²) >= 11 is 0. The minimum atomic E-state index is -0.314. The van der Waals surface area contributed by atoms with Crippen LogP contribution < -0.4 is 0 Å². The SMILES string of the molecule is C=CCN1CCN(C(=O)c2ccncc2)CC(Cc2cccc(-c3ccccc3C)c2)C1=O. The molecule has 168 valence electrons. The summed E-state index contributed by atoms with van der Waals surface area (Å²) in [6, 6.07) is 20.1. The number of benzene rings is 2. The van der Waals surface area contributed by atoms with Crippen LogP contribution >= 0.6 is 0 Å². The van der Waals surface area contributed by atoms with Crippen LogP contribution in [0, 0.1) is 12.8 Å². The summed E-state index contributed by atoms with van der Waals surface area (Å²) in [5.41, 5.74) is 5.22. The molecule has 4 rings (SSSR count). The lowest BCUT2D eigenvalue weighted by molar-refractivity contribution is -0.134. The highest BCUT2D eigenvalue weighted by atomic mass is 16.2. The molecule has 5 nitrogen and oxygen atoms in total. The van der Waals surface area contributed by atoms with Gasteiger partial charge in [-0.3, -0.25) is 14.6 Å². The molecule has 1 fully saturated rings. The van der Waals surface area contributed by atoms with E-state index < -0.39 is 0 Å². The Bertz CT molecular complexity index is 1140. The summed E-state index contributed by atoms with van der Waals surface area (Å²) < 4.78 is 0. The molecule has 2 heterocycles. The summed E-state index contributed by atoms with van der Waals surface area (Å²) in [4.78, 5) is 34.1. The van der Waals surface area contributed by atoms with Crippen LogP contribution in [0.3, 0.4) is 0 Å². The van der Waals surface area contributed by atoms with Gasteiger partial charge in [0.15, 0.2) is 0 Å². The lowest BCUT2D eigenvalue weighted by atomic mass is 9.93. The van der Waals surface area contributed by atoms with Crippen molar-refractivity contribution in [2.75, 3.05) is 26.2 Å². The van der Waals surface area contributed by atoms with Crippen LogP contribution in [0.5, 0.6) is 0 Å². The minimum absolute atomic E-state index is 0.0654. The van der Waals surface area contributed by atoms with E-state index in [1.165, 1.54) is 11.1 Å². The van der Waals surface area contributed by atoms with Crippen LogP contribution in [0.1, 0.15) is 21.5 Å². The topological polar surface area (TPSA) is 53.5 Å². The summed E-state index contributed by atoms with van der Waals surface area (Å²) in [6.45, 7) is 7.78. The second-order valence-electron chi connectivity index (χ2n) is 8.48. The molecule has 0 radical (unpaired) electrons. The van der Waals surface area contributed by atoms with E-state index in [0.29, 0.717) is 38.2 Å². The maximum absolute atomic E-state index is 13.4. The zero-order chi connectivity index (χ0) is 23.2. The van der Waals surface area contributed by atoms with Crippen molar-refractivity contribution in [3.8, 4) is 11.1 Å². The Labute approximate surface area is 195 Å². The van der Waals surface area contributed by atoms with Gasteiger partial charge >= 0.3 is 0 Å². The number of carbonyl (C=O) groups is 2. The second kappa shape index (κ2) is 10.3. The molecule has 33 heavy (non-hydrogen) atoms. The Hall–Kier alpha value is -3.73. The quantitative estimate of drug-likeness (QED) is 0.536. The van der Waals surface area contributed by atoms with Crippen molar-refractivity contribution in [1.29, 1.82) is 0 Å². The Morgan fingerprint density at radius 3 is 2.64 bits per heavy atom. The van der Waals surface area contributed by atoms with Crippen molar-refractivity contribution in [2.24, 2.45) is 5.92 Å². The number of aromatic nitrogens is 1.